The predicted molar refractivity (Wildman–Crippen MR) is 97.3 cm³/mol. The molecule has 2 aliphatic rings. The monoisotopic (exact) mass is 354 g/mol. The molecule has 3 nitrogen and oxygen atoms in total. The fourth-order valence-electron chi connectivity index (χ4n) is 2.67. The third-order valence-electron chi connectivity index (χ3n) is 3.99. The Morgan fingerprint density at radius 2 is 2.05 bits per heavy atom. The van der Waals surface area contributed by atoms with E-state index in [1.165, 1.54) is 4.38 Å². The fourth-order valence-corrected chi connectivity index (χ4v) is 5.02. The molecule has 3 rings (SSSR count). The molecule has 1 saturated heterocycles. The highest BCUT2D eigenvalue weighted by molar-refractivity contribution is 8.39. The topological polar surface area (TPSA) is 32.7 Å². The van der Waals surface area contributed by atoms with E-state index < -0.39 is 0 Å². The third-order valence-corrected chi connectivity index (χ3v) is 6.73. The van der Waals surface area contributed by atoms with Crippen molar-refractivity contribution in [3.8, 4) is 0 Å². The number of thioether (sulfide) groups is 2. The Morgan fingerprint density at radius 1 is 1.32 bits per heavy atom. The van der Waals surface area contributed by atoms with Gasteiger partial charge in [0, 0.05) is 35.2 Å². The van der Waals surface area contributed by atoms with E-state index >= 15 is 0 Å². The van der Waals surface area contributed by atoms with Crippen molar-refractivity contribution in [2.75, 3.05) is 31.1 Å². The van der Waals surface area contributed by atoms with E-state index in [-0.39, 0.29) is 5.91 Å². The molecule has 22 heavy (non-hydrogen) atoms. The summed E-state index contributed by atoms with van der Waals surface area (Å²) in [5.41, 5.74) is 0.730. The number of aliphatic imine (C=N–C) groups is 1. The second-order valence-electron chi connectivity index (χ2n) is 5.55. The molecule has 0 spiro atoms. The molecule has 1 amide bonds. The number of halogens is 1. The van der Waals surface area contributed by atoms with Gasteiger partial charge in [-0.3, -0.25) is 9.79 Å². The number of hydrogen-bond donors (Lipinski definition) is 0. The molecule has 0 atom stereocenters. The highest BCUT2D eigenvalue weighted by Gasteiger charge is 2.24. The Balaban J connectivity index is 1.46. The summed E-state index contributed by atoms with van der Waals surface area (Å²) < 4.78 is 1.25. The summed E-state index contributed by atoms with van der Waals surface area (Å²) in [4.78, 5) is 18.9. The number of carbonyl (C=O) groups excluding carboxylic acids is 1. The molecule has 0 bridgehead atoms. The maximum Gasteiger partial charge on any atom is 0.253 e. The van der Waals surface area contributed by atoms with Gasteiger partial charge in [-0.05, 0) is 43.0 Å². The maximum absolute atomic E-state index is 12.4. The van der Waals surface area contributed by atoms with Crippen molar-refractivity contribution in [1.29, 1.82) is 0 Å². The van der Waals surface area contributed by atoms with Crippen molar-refractivity contribution in [2.45, 2.75) is 12.8 Å². The first-order chi connectivity index (χ1) is 10.7. The summed E-state index contributed by atoms with van der Waals surface area (Å²) in [6, 6.07) is 7.17. The van der Waals surface area contributed by atoms with Gasteiger partial charge in [-0.1, -0.05) is 35.1 Å². The lowest BCUT2D eigenvalue weighted by atomic mass is 9.98. The molecule has 0 saturated carbocycles. The SMILES string of the molecule is O=C(c1ccc(Cl)cc1)N1CCC(CSC2=NCCS2)CC1. The Hall–Kier alpha value is -0.650. The average Bonchev–Trinajstić information content (AvgIpc) is 3.07. The highest BCUT2D eigenvalue weighted by Crippen LogP contribution is 2.28. The molecule has 118 valence electrons. The van der Waals surface area contributed by atoms with Crippen LogP contribution in [0, 0.1) is 5.92 Å². The lowest BCUT2D eigenvalue weighted by Gasteiger charge is -2.32. The van der Waals surface area contributed by atoms with Gasteiger partial charge < -0.3 is 4.90 Å². The fraction of sp³-hybridized carbons (Fsp3) is 0.500. The van der Waals surface area contributed by atoms with Crippen LogP contribution < -0.4 is 0 Å². The molecule has 1 fully saturated rings. The number of hydrogen-bond acceptors (Lipinski definition) is 4. The smallest absolute Gasteiger partial charge is 0.253 e. The van der Waals surface area contributed by atoms with E-state index in [9.17, 15) is 4.79 Å². The van der Waals surface area contributed by atoms with E-state index in [4.69, 9.17) is 11.6 Å². The first-order valence-corrected chi connectivity index (χ1v) is 9.92. The van der Waals surface area contributed by atoms with Crippen molar-refractivity contribution in [2.24, 2.45) is 10.9 Å². The van der Waals surface area contributed by atoms with Crippen LogP contribution in [0.2, 0.25) is 5.02 Å². The molecule has 0 aliphatic carbocycles. The van der Waals surface area contributed by atoms with Crippen molar-refractivity contribution in [3.05, 3.63) is 34.9 Å². The van der Waals surface area contributed by atoms with E-state index in [1.54, 1.807) is 12.1 Å². The van der Waals surface area contributed by atoms with E-state index in [2.05, 4.69) is 4.99 Å². The van der Waals surface area contributed by atoms with Crippen LogP contribution >= 0.6 is 35.1 Å². The number of piperidine rings is 1. The van der Waals surface area contributed by atoms with Crippen LogP contribution in [0.3, 0.4) is 0 Å². The molecule has 0 radical (unpaired) electrons. The van der Waals surface area contributed by atoms with Gasteiger partial charge in [-0.25, -0.2) is 0 Å². The summed E-state index contributed by atoms with van der Waals surface area (Å²) in [5.74, 6) is 3.09. The highest BCUT2D eigenvalue weighted by atomic mass is 35.5. The zero-order chi connectivity index (χ0) is 15.4. The molecular weight excluding hydrogens is 336 g/mol. The normalized spacial score (nSPS) is 19.3. The van der Waals surface area contributed by atoms with Gasteiger partial charge in [0.05, 0.1) is 6.54 Å². The maximum atomic E-state index is 12.4. The van der Waals surface area contributed by atoms with Crippen LogP contribution in [0.4, 0.5) is 0 Å². The van der Waals surface area contributed by atoms with Gasteiger partial charge in [0.2, 0.25) is 0 Å². The summed E-state index contributed by atoms with van der Waals surface area (Å²) >= 11 is 9.64. The molecular formula is C16H19ClN2OS2. The van der Waals surface area contributed by atoms with Gasteiger partial charge in [-0.15, -0.1) is 0 Å². The van der Waals surface area contributed by atoms with Crippen LogP contribution in [0.15, 0.2) is 29.3 Å². The zero-order valence-electron chi connectivity index (χ0n) is 12.3. The lowest BCUT2D eigenvalue weighted by Crippen LogP contribution is -2.39. The van der Waals surface area contributed by atoms with E-state index in [1.807, 2.05) is 40.6 Å². The number of nitrogens with zero attached hydrogens (tertiary/aromatic N) is 2. The lowest BCUT2D eigenvalue weighted by molar-refractivity contribution is 0.0699. The molecule has 2 heterocycles. The molecule has 6 heteroatoms. The molecule has 1 aromatic rings. The number of carbonyl (C=O) groups is 1. The van der Waals surface area contributed by atoms with Crippen molar-refractivity contribution >= 4 is 45.4 Å². The first kappa shape index (κ1) is 16.2. The number of likely N-dealkylation sites (tertiary alicyclic amines) is 1. The summed E-state index contributed by atoms with van der Waals surface area (Å²) in [6.45, 7) is 2.68. The zero-order valence-corrected chi connectivity index (χ0v) is 14.7. The van der Waals surface area contributed by atoms with Gasteiger partial charge in [0.25, 0.3) is 5.91 Å². The third kappa shape index (κ3) is 4.21. The van der Waals surface area contributed by atoms with Crippen LogP contribution in [0.5, 0.6) is 0 Å². The minimum atomic E-state index is 0.124. The quantitative estimate of drug-likeness (QED) is 0.821. The molecule has 0 aromatic heterocycles. The van der Waals surface area contributed by atoms with Crippen LogP contribution in [-0.2, 0) is 0 Å². The van der Waals surface area contributed by atoms with Gasteiger partial charge in [0.15, 0.2) is 0 Å². The van der Waals surface area contributed by atoms with Crippen LogP contribution in [0.25, 0.3) is 0 Å². The van der Waals surface area contributed by atoms with Crippen molar-refractivity contribution in [3.63, 3.8) is 0 Å². The second-order valence-corrected chi connectivity index (χ2v) is 8.34. The second kappa shape index (κ2) is 7.75. The first-order valence-electron chi connectivity index (χ1n) is 7.57. The minimum absolute atomic E-state index is 0.124. The minimum Gasteiger partial charge on any atom is -0.339 e. The molecule has 0 unspecified atom stereocenters. The molecule has 1 aromatic carbocycles. The Morgan fingerprint density at radius 3 is 2.68 bits per heavy atom. The van der Waals surface area contributed by atoms with E-state index in [0.29, 0.717) is 10.9 Å². The van der Waals surface area contributed by atoms with E-state index in [0.717, 1.165) is 49.5 Å². The average molecular weight is 355 g/mol. The van der Waals surface area contributed by atoms with Gasteiger partial charge >= 0.3 is 0 Å². The molecule has 2 aliphatic heterocycles. The largest absolute Gasteiger partial charge is 0.339 e. The van der Waals surface area contributed by atoms with Crippen LogP contribution in [0.1, 0.15) is 23.2 Å². The van der Waals surface area contributed by atoms with Crippen molar-refractivity contribution < 1.29 is 4.79 Å². The summed E-state index contributed by atoms with van der Waals surface area (Å²) in [6.07, 6.45) is 2.18. The summed E-state index contributed by atoms with van der Waals surface area (Å²) in [7, 11) is 0. The van der Waals surface area contributed by atoms with Crippen molar-refractivity contribution in [1.82, 2.24) is 4.90 Å². The Labute approximate surface area is 144 Å². The Kier molecular flexibility index (Phi) is 5.71. The van der Waals surface area contributed by atoms with Gasteiger partial charge in [-0.2, -0.15) is 0 Å². The Bertz CT molecular complexity index is 554. The number of amides is 1. The van der Waals surface area contributed by atoms with Crippen LogP contribution in [-0.4, -0.2) is 46.3 Å². The van der Waals surface area contributed by atoms with Gasteiger partial charge in [0.1, 0.15) is 4.38 Å². The number of benzene rings is 1. The number of rotatable bonds is 3. The standard InChI is InChI=1S/C16H19ClN2OS2/c17-14-3-1-13(2-4-14)15(20)19-8-5-12(6-9-19)11-22-16-18-7-10-21-16/h1-4,12H,5-11H2. The summed E-state index contributed by atoms with van der Waals surface area (Å²) in [5, 5.41) is 0.667. The molecule has 0 N–H and O–H groups in total. The predicted octanol–water partition coefficient (Wildman–Crippen LogP) is 4.03.